The summed E-state index contributed by atoms with van der Waals surface area (Å²) in [7, 11) is 3.94. The molecule has 2 aromatic carbocycles. The summed E-state index contributed by atoms with van der Waals surface area (Å²) >= 11 is 0. The molecule has 2 atom stereocenters. The predicted molar refractivity (Wildman–Crippen MR) is 84.9 cm³/mol. The Morgan fingerprint density at radius 1 is 1.10 bits per heavy atom. The molecule has 3 nitrogen and oxygen atoms in total. The number of nitrogens with zero attached hydrogens (tertiary/aromatic N) is 1. The van der Waals surface area contributed by atoms with Crippen LogP contribution in [-0.2, 0) is 0 Å². The molecule has 0 fully saturated rings. The van der Waals surface area contributed by atoms with Crippen molar-refractivity contribution in [3.05, 3.63) is 48.0 Å². The largest absolute Gasteiger partial charge is 0.390 e. The highest BCUT2D eigenvalue weighted by Crippen LogP contribution is 2.23. The molecule has 20 heavy (non-hydrogen) atoms. The lowest BCUT2D eigenvalue weighted by molar-refractivity contribution is 0.132. The summed E-state index contributed by atoms with van der Waals surface area (Å²) in [6, 6.07) is 15.0. The first-order chi connectivity index (χ1) is 9.58. The molecule has 2 aromatic rings. The SMILES string of the molecule is CC(NCC(O)CN(C)C)c1cccc2ccccc12. The van der Waals surface area contributed by atoms with E-state index >= 15 is 0 Å². The van der Waals surface area contributed by atoms with E-state index in [1.165, 1.54) is 16.3 Å². The first-order valence-electron chi connectivity index (χ1n) is 7.11. The van der Waals surface area contributed by atoms with Crippen molar-refractivity contribution in [2.75, 3.05) is 27.2 Å². The molecule has 0 spiro atoms. The Balaban J connectivity index is 2.06. The van der Waals surface area contributed by atoms with Gasteiger partial charge < -0.3 is 15.3 Å². The van der Waals surface area contributed by atoms with Crippen LogP contribution in [0.25, 0.3) is 10.8 Å². The lowest BCUT2D eigenvalue weighted by atomic mass is 9.99. The molecule has 0 amide bonds. The molecule has 2 unspecified atom stereocenters. The number of fused-ring (bicyclic) bond motifs is 1. The third kappa shape index (κ3) is 3.79. The average molecular weight is 272 g/mol. The van der Waals surface area contributed by atoms with Gasteiger partial charge in [-0.1, -0.05) is 42.5 Å². The molecule has 0 aliphatic carbocycles. The second-order valence-corrected chi connectivity index (χ2v) is 5.61. The maximum Gasteiger partial charge on any atom is 0.0791 e. The topological polar surface area (TPSA) is 35.5 Å². The molecule has 0 radical (unpaired) electrons. The number of aliphatic hydroxyl groups is 1. The maximum absolute atomic E-state index is 9.92. The van der Waals surface area contributed by atoms with Crippen LogP contribution in [0.1, 0.15) is 18.5 Å². The molecule has 0 bridgehead atoms. The van der Waals surface area contributed by atoms with Gasteiger partial charge in [0.2, 0.25) is 0 Å². The van der Waals surface area contributed by atoms with E-state index in [4.69, 9.17) is 0 Å². The van der Waals surface area contributed by atoms with Crippen molar-refractivity contribution >= 4 is 10.8 Å². The van der Waals surface area contributed by atoms with Gasteiger partial charge in [0, 0.05) is 19.1 Å². The molecule has 3 heteroatoms. The van der Waals surface area contributed by atoms with Crippen LogP contribution in [0.4, 0.5) is 0 Å². The van der Waals surface area contributed by atoms with Crippen LogP contribution >= 0.6 is 0 Å². The van der Waals surface area contributed by atoms with Gasteiger partial charge >= 0.3 is 0 Å². The molecule has 0 aromatic heterocycles. The Labute approximate surface area is 121 Å². The van der Waals surface area contributed by atoms with Crippen molar-refractivity contribution in [2.24, 2.45) is 0 Å². The van der Waals surface area contributed by atoms with Crippen LogP contribution in [0.15, 0.2) is 42.5 Å². The monoisotopic (exact) mass is 272 g/mol. The van der Waals surface area contributed by atoms with Gasteiger partial charge in [-0.3, -0.25) is 0 Å². The van der Waals surface area contributed by atoms with Crippen LogP contribution in [0.3, 0.4) is 0 Å². The van der Waals surface area contributed by atoms with Crippen LogP contribution in [0.5, 0.6) is 0 Å². The quantitative estimate of drug-likeness (QED) is 0.847. The normalized spacial score (nSPS) is 14.7. The minimum absolute atomic E-state index is 0.220. The molecule has 2 N–H and O–H groups in total. The lowest BCUT2D eigenvalue weighted by Gasteiger charge is -2.21. The highest BCUT2D eigenvalue weighted by molar-refractivity contribution is 5.86. The second-order valence-electron chi connectivity index (χ2n) is 5.61. The highest BCUT2D eigenvalue weighted by atomic mass is 16.3. The van der Waals surface area contributed by atoms with E-state index in [2.05, 4.69) is 54.7 Å². The zero-order valence-corrected chi connectivity index (χ0v) is 12.5. The van der Waals surface area contributed by atoms with E-state index in [1.807, 2.05) is 19.0 Å². The van der Waals surface area contributed by atoms with Gasteiger partial charge in [0.25, 0.3) is 0 Å². The molecule has 108 valence electrons. The van der Waals surface area contributed by atoms with Gasteiger partial charge in [-0.15, -0.1) is 0 Å². The van der Waals surface area contributed by atoms with E-state index in [1.54, 1.807) is 0 Å². The summed E-state index contributed by atoms with van der Waals surface area (Å²) < 4.78 is 0. The third-order valence-corrected chi connectivity index (χ3v) is 3.53. The maximum atomic E-state index is 9.92. The van der Waals surface area contributed by atoms with Crippen molar-refractivity contribution < 1.29 is 5.11 Å². The van der Waals surface area contributed by atoms with Gasteiger partial charge in [0.05, 0.1) is 6.10 Å². The summed E-state index contributed by atoms with van der Waals surface area (Å²) in [5.74, 6) is 0. The molecular formula is C17H24N2O. The summed E-state index contributed by atoms with van der Waals surface area (Å²) in [6.45, 7) is 3.42. The number of rotatable bonds is 6. The Kier molecular flexibility index (Phi) is 5.12. The minimum Gasteiger partial charge on any atom is -0.390 e. The van der Waals surface area contributed by atoms with Gasteiger partial charge in [-0.2, -0.15) is 0 Å². The average Bonchev–Trinajstić information content (AvgIpc) is 2.43. The minimum atomic E-state index is -0.345. The molecule has 2 rings (SSSR count). The zero-order chi connectivity index (χ0) is 14.5. The highest BCUT2D eigenvalue weighted by Gasteiger charge is 2.11. The van der Waals surface area contributed by atoms with Crippen molar-refractivity contribution in [2.45, 2.75) is 19.1 Å². The van der Waals surface area contributed by atoms with Gasteiger partial charge in [-0.05, 0) is 37.4 Å². The summed E-state index contributed by atoms with van der Waals surface area (Å²) in [5.41, 5.74) is 1.28. The second kappa shape index (κ2) is 6.84. The Hall–Kier alpha value is -1.42. The standard InChI is InChI=1S/C17H24N2O/c1-13(18-11-15(20)12-19(2)3)16-10-6-8-14-7-4-5-9-17(14)16/h4-10,13,15,18,20H,11-12H2,1-3H3. The number of benzene rings is 2. The molecule has 0 aliphatic rings. The fraction of sp³-hybridized carbons (Fsp3) is 0.412. The Bertz CT molecular complexity index is 548. The molecule has 0 heterocycles. The lowest BCUT2D eigenvalue weighted by Crippen LogP contribution is -2.36. The van der Waals surface area contributed by atoms with Crippen LogP contribution in [0, 0.1) is 0 Å². The zero-order valence-electron chi connectivity index (χ0n) is 12.5. The number of hydrogen-bond acceptors (Lipinski definition) is 3. The van der Waals surface area contributed by atoms with Crippen LogP contribution in [-0.4, -0.2) is 43.3 Å². The third-order valence-electron chi connectivity index (χ3n) is 3.53. The smallest absolute Gasteiger partial charge is 0.0791 e. The van der Waals surface area contributed by atoms with Gasteiger partial charge in [-0.25, -0.2) is 0 Å². The number of likely N-dealkylation sites (N-methyl/N-ethyl adjacent to an activating group) is 1. The van der Waals surface area contributed by atoms with Crippen LogP contribution < -0.4 is 5.32 Å². The van der Waals surface area contributed by atoms with E-state index in [0.717, 1.165) is 0 Å². The summed E-state index contributed by atoms with van der Waals surface area (Å²) in [4.78, 5) is 1.99. The van der Waals surface area contributed by atoms with E-state index < -0.39 is 0 Å². The fourth-order valence-electron chi connectivity index (χ4n) is 2.54. The van der Waals surface area contributed by atoms with Gasteiger partial charge in [0.1, 0.15) is 0 Å². The van der Waals surface area contributed by atoms with Crippen molar-refractivity contribution in [1.29, 1.82) is 0 Å². The predicted octanol–water partition coefficient (Wildman–Crippen LogP) is 2.41. The summed E-state index contributed by atoms with van der Waals surface area (Å²) in [6.07, 6.45) is -0.345. The van der Waals surface area contributed by atoms with E-state index in [9.17, 15) is 5.11 Å². The first-order valence-corrected chi connectivity index (χ1v) is 7.11. The Morgan fingerprint density at radius 3 is 2.55 bits per heavy atom. The summed E-state index contributed by atoms with van der Waals surface area (Å²) in [5, 5.41) is 15.9. The number of hydrogen-bond donors (Lipinski definition) is 2. The molecule has 0 saturated heterocycles. The van der Waals surface area contributed by atoms with Crippen molar-refractivity contribution in [3.63, 3.8) is 0 Å². The number of nitrogens with one attached hydrogen (secondary N) is 1. The molecular weight excluding hydrogens is 248 g/mol. The van der Waals surface area contributed by atoms with Crippen molar-refractivity contribution in [1.82, 2.24) is 10.2 Å². The Morgan fingerprint density at radius 2 is 1.80 bits per heavy atom. The van der Waals surface area contributed by atoms with Crippen molar-refractivity contribution in [3.8, 4) is 0 Å². The first kappa shape index (κ1) is 15.0. The molecule has 0 aliphatic heterocycles. The van der Waals surface area contributed by atoms with E-state index in [0.29, 0.717) is 13.1 Å². The van der Waals surface area contributed by atoms with E-state index in [-0.39, 0.29) is 12.1 Å². The molecule has 0 saturated carbocycles. The fourth-order valence-corrected chi connectivity index (χ4v) is 2.54. The number of aliphatic hydroxyl groups excluding tert-OH is 1. The van der Waals surface area contributed by atoms with Crippen LogP contribution in [0.2, 0.25) is 0 Å². The van der Waals surface area contributed by atoms with Gasteiger partial charge in [0.15, 0.2) is 0 Å².